The minimum absolute atomic E-state index is 0.156. The first kappa shape index (κ1) is 4.37. The van der Waals surface area contributed by atoms with Gasteiger partial charge in [-0.2, -0.15) is 0 Å². The molecule has 0 saturated heterocycles. The van der Waals surface area contributed by atoms with Crippen LogP contribution in [-0.2, 0) is 9.53 Å². The van der Waals surface area contributed by atoms with E-state index in [2.05, 4.69) is 4.74 Å². The number of hydrogen-bond donors (Lipinski definition) is 0. The van der Waals surface area contributed by atoms with Crippen molar-refractivity contribution < 1.29 is 9.53 Å². The highest BCUT2D eigenvalue weighted by Crippen LogP contribution is 2.16. The molecular weight excluding hydrogens is 92.1 g/mol. The summed E-state index contributed by atoms with van der Waals surface area (Å²) >= 11 is 0. The molecule has 0 N–H and O–H groups in total. The third-order valence-corrected chi connectivity index (χ3v) is 0.708. The van der Waals surface area contributed by atoms with E-state index in [-0.39, 0.29) is 5.78 Å². The van der Waals surface area contributed by atoms with Crippen LogP contribution in [0.2, 0.25) is 0 Å². The fourth-order valence-electron chi connectivity index (χ4n) is 0.370. The molecule has 0 aromatic rings. The molecule has 38 valence electrons. The van der Waals surface area contributed by atoms with Gasteiger partial charge in [-0.15, -0.1) is 0 Å². The van der Waals surface area contributed by atoms with E-state index in [1.54, 1.807) is 13.2 Å². The summed E-state index contributed by atoms with van der Waals surface area (Å²) in [4.78, 5) is 10.2. The lowest BCUT2D eigenvalue weighted by Gasteiger charge is -1.78. The SMILES string of the molecule is CC(=O)CC1=CO1. The highest BCUT2D eigenvalue weighted by atomic mass is 16.5. The summed E-state index contributed by atoms with van der Waals surface area (Å²) < 4.78 is 4.59. The maximum absolute atomic E-state index is 10.2. The van der Waals surface area contributed by atoms with Crippen molar-refractivity contribution in [1.82, 2.24) is 0 Å². The average molecular weight is 98.1 g/mol. The summed E-state index contributed by atoms with van der Waals surface area (Å²) in [6.07, 6.45) is 2.06. The molecule has 1 rings (SSSR count). The van der Waals surface area contributed by atoms with Gasteiger partial charge in [0.2, 0.25) is 0 Å². The molecule has 0 aliphatic carbocycles. The fraction of sp³-hybridized carbons (Fsp3) is 0.400. The first-order chi connectivity index (χ1) is 3.29. The zero-order chi connectivity index (χ0) is 5.28. The molecule has 1 heterocycles. The van der Waals surface area contributed by atoms with Gasteiger partial charge in [0.15, 0.2) is 0 Å². The molecule has 0 aromatic carbocycles. The lowest BCUT2D eigenvalue weighted by molar-refractivity contribution is -0.116. The molecule has 7 heavy (non-hydrogen) atoms. The molecule has 0 saturated carbocycles. The maximum Gasteiger partial charge on any atom is 0.146 e. The summed E-state index contributed by atoms with van der Waals surface area (Å²) in [5.41, 5.74) is 0. The predicted molar refractivity (Wildman–Crippen MR) is 24.5 cm³/mol. The van der Waals surface area contributed by atoms with Crippen LogP contribution in [0.1, 0.15) is 13.3 Å². The van der Waals surface area contributed by atoms with Gasteiger partial charge in [-0.25, -0.2) is 0 Å². The average Bonchev–Trinajstić information content (AvgIpc) is 2.17. The number of Topliss-reactive ketones (excluding diaryl/α,β-unsaturated/α-hetero) is 1. The smallest absolute Gasteiger partial charge is 0.146 e. The first-order valence-corrected chi connectivity index (χ1v) is 2.14. The Labute approximate surface area is 41.8 Å². The summed E-state index contributed by atoms with van der Waals surface area (Å²) in [6.45, 7) is 1.54. The Hall–Kier alpha value is -0.790. The number of carbonyl (C=O) groups excluding carboxylic acids is 1. The van der Waals surface area contributed by atoms with Crippen molar-refractivity contribution >= 4 is 5.78 Å². The molecule has 2 heteroatoms. The van der Waals surface area contributed by atoms with E-state index in [1.165, 1.54) is 0 Å². The molecular formula is C5H6O2. The van der Waals surface area contributed by atoms with Crippen LogP contribution in [-0.4, -0.2) is 5.78 Å². The van der Waals surface area contributed by atoms with Crippen LogP contribution in [0.4, 0.5) is 0 Å². The second-order valence-electron chi connectivity index (χ2n) is 1.58. The monoisotopic (exact) mass is 98.0 g/mol. The van der Waals surface area contributed by atoms with Gasteiger partial charge < -0.3 is 4.74 Å². The lowest BCUT2D eigenvalue weighted by Crippen LogP contribution is -1.85. The lowest BCUT2D eigenvalue weighted by atomic mass is 10.3. The van der Waals surface area contributed by atoms with Crippen LogP contribution in [0.3, 0.4) is 0 Å². The van der Waals surface area contributed by atoms with Crippen molar-refractivity contribution in [2.75, 3.05) is 0 Å². The van der Waals surface area contributed by atoms with E-state index in [9.17, 15) is 4.79 Å². The molecule has 0 unspecified atom stereocenters. The van der Waals surface area contributed by atoms with E-state index < -0.39 is 0 Å². The highest BCUT2D eigenvalue weighted by Gasteiger charge is 2.10. The zero-order valence-electron chi connectivity index (χ0n) is 4.10. The molecule has 0 aromatic heterocycles. The molecule has 0 amide bonds. The van der Waals surface area contributed by atoms with Crippen LogP contribution in [0.5, 0.6) is 0 Å². The van der Waals surface area contributed by atoms with Crippen molar-refractivity contribution in [2.24, 2.45) is 0 Å². The van der Waals surface area contributed by atoms with E-state index in [0.717, 1.165) is 5.76 Å². The normalized spacial score (nSPS) is 14.7. The largest absolute Gasteiger partial charge is 0.462 e. The second kappa shape index (κ2) is 1.37. The maximum atomic E-state index is 10.2. The Kier molecular flexibility index (Phi) is 0.855. The van der Waals surface area contributed by atoms with Crippen LogP contribution < -0.4 is 0 Å². The van der Waals surface area contributed by atoms with Gasteiger partial charge >= 0.3 is 0 Å². The van der Waals surface area contributed by atoms with Crippen molar-refractivity contribution in [3.8, 4) is 0 Å². The van der Waals surface area contributed by atoms with Crippen LogP contribution >= 0.6 is 0 Å². The highest BCUT2D eigenvalue weighted by molar-refractivity contribution is 5.78. The van der Waals surface area contributed by atoms with Gasteiger partial charge in [0, 0.05) is 0 Å². The molecule has 0 radical (unpaired) electrons. The van der Waals surface area contributed by atoms with Crippen LogP contribution in [0.25, 0.3) is 0 Å². The van der Waals surface area contributed by atoms with Crippen molar-refractivity contribution in [1.29, 1.82) is 0 Å². The van der Waals surface area contributed by atoms with E-state index in [1.807, 2.05) is 0 Å². The molecule has 1 aliphatic rings. The summed E-state index contributed by atoms with van der Waals surface area (Å²) in [6, 6.07) is 0. The summed E-state index contributed by atoms with van der Waals surface area (Å²) in [7, 11) is 0. The topological polar surface area (TPSA) is 29.6 Å². The molecule has 1 aliphatic heterocycles. The van der Waals surface area contributed by atoms with Gasteiger partial charge in [0.1, 0.15) is 17.8 Å². The Morgan fingerprint density at radius 3 is 2.71 bits per heavy atom. The third-order valence-electron chi connectivity index (χ3n) is 0.708. The summed E-state index contributed by atoms with van der Waals surface area (Å²) in [5.74, 6) is 0.969. The third kappa shape index (κ3) is 1.39. The van der Waals surface area contributed by atoms with Gasteiger partial charge in [-0.3, -0.25) is 4.79 Å². The standard InChI is InChI=1S/C5H6O2/c1-4(6)2-5-3-7-5/h3H,2H2,1H3. The number of hydrogen-bond acceptors (Lipinski definition) is 2. The van der Waals surface area contributed by atoms with Crippen molar-refractivity contribution in [2.45, 2.75) is 13.3 Å². The second-order valence-corrected chi connectivity index (χ2v) is 1.58. The predicted octanol–water partition coefficient (Wildman–Crippen LogP) is 0.837. The van der Waals surface area contributed by atoms with Crippen LogP contribution in [0, 0.1) is 0 Å². The van der Waals surface area contributed by atoms with Gasteiger partial charge in [-0.05, 0) is 6.92 Å². The van der Waals surface area contributed by atoms with Crippen molar-refractivity contribution in [3.05, 3.63) is 12.0 Å². The minimum atomic E-state index is 0.156. The van der Waals surface area contributed by atoms with Crippen molar-refractivity contribution in [3.63, 3.8) is 0 Å². The summed E-state index contributed by atoms with van der Waals surface area (Å²) in [5, 5.41) is 0. The number of rotatable bonds is 2. The van der Waals surface area contributed by atoms with E-state index >= 15 is 0 Å². The minimum Gasteiger partial charge on any atom is -0.462 e. The molecule has 0 atom stereocenters. The quantitative estimate of drug-likeness (QED) is 0.512. The Balaban J connectivity index is 2.21. The molecule has 0 spiro atoms. The fourth-order valence-corrected chi connectivity index (χ4v) is 0.370. The van der Waals surface area contributed by atoms with E-state index in [0.29, 0.717) is 6.42 Å². The number of carbonyl (C=O) groups is 1. The first-order valence-electron chi connectivity index (χ1n) is 2.14. The van der Waals surface area contributed by atoms with E-state index in [4.69, 9.17) is 0 Å². The molecule has 0 bridgehead atoms. The molecule has 0 fully saturated rings. The van der Waals surface area contributed by atoms with Crippen LogP contribution in [0.15, 0.2) is 12.0 Å². The molecule has 2 nitrogen and oxygen atoms in total. The Bertz CT molecular complexity index is 124. The number of ketones is 1. The number of allylic oxidation sites excluding steroid dienone is 1. The van der Waals surface area contributed by atoms with Gasteiger partial charge in [0.05, 0.1) is 6.42 Å². The zero-order valence-corrected chi connectivity index (χ0v) is 4.10. The van der Waals surface area contributed by atoms with Gasteiger partial charge in [-0.1, -0.05) is 0 Å². The van der Waals surface area contributed by atoms with Gasteiger partial charge in [0.25, 0.3) is 0 Å². The Morgan fingerprint density at radius 1 is 2.00 bits per heavy atom. The Morgan fingerprint density at radius 2 is 2.57 bits per heavy atom. The number of ether oxygens (including phenoxy) is 1.